The highest BCUT2D eigenvalue weighted by atomic mass is 16.8. The lowest BCUT2D eigenvalue weighted by Crippen LogP contribution is -2.67. The molecule has 9 rings (SSSR count). The van der Waals surface area contributed by atoms with Gasteiger partial charge in [0.05, 0.1) is 48.7 Å². The van der Waals surface area contributed by atoms with Crippen LogP contribution in [0.5, 0.6) is 0 Å². The lowest BCUT2D eigenvalue weighted by molar-refractivity contribution is -0.363. The molecular weight excluding hydrogens is 973 g/mol. The Kier molecular flexibility index (Phi) is 18.5. The minimum absolute atomic E-state index is 0.00566. The molecule has 10 atom stereocenters. The summed E-state index contributed by atoms with van der Waals surface area (Å²) in [5, 5.41) is 11.9. The zero-order valence-corrected chi connectivity index (χ0v) is 41.2. The molecule has 1 N–H and O–H groups in total. The first-order valence-electron chi connectivity index (χ1n) is 24.8. The monoisotopic (exact) mass is 1030 g/mol. The van der Waals surface area contributed by atoms with Gasteiger partial charge in [-0.2, -0.15) is 0 Å². The van der Waals surface area contributed by atoms with Gasteiger partial charge >= 0.3 is 23.9 Å². The highest BCUT2D eigenvalue weighted by Gasteiger charge is 2.57. The number of aliphatic hydroxyl groups is 1. The van der Waals surface area contributed by atoms with Gasteiger partial charge in [0, 0.05) is 0 Å². The van der Waals surface area contributed by atoms with Gasteiger partial charge < -0.3 is 52.5 Å². The molecule has 2 aliphatic heterocycles. The van der Waals surface area contributed by atoms with Crippen LogP contribution < -0.4 is 0 Å². The zero-order chi connectivity index (χ0) is 52.5. The van der Waals surface area contributed by atoms with Gasteiger partial charge in [-0.15, -0.1) is 0 Å². The first kappa shape index (κ1) is 53.0. The van der Waals surface area contributed by atoms with E-state index in [0.29, 0.717) is 0 Å². The Hall–Kier alpha value is -7.86. The lowest BCUT2D eigenvalue weighted by Gasteiger charge is -2.49. The zero-order valence-electron chi connectivity index (χ0n) is 41.2. The molecule has 0 bridgehead atoms. The Bertz CT molecular complexity index is 2900. The van der Waals surface area contributed by atoms with Crippen molar-refractivity contribution >= 4 is 23.9 Å². The topological polar surface area (TPSA) is 181 Å². The van der Waals surface area contributed by atoms with Crippen LogP contribution in [-0.2, 0) is 67.2 Å². The molecule has 15 nitrogen and oxygen atoms in total. The minimum Gasteiger partial charge on any atom is -0.459 e. The number of ether oxygens (including phenoxy) is 10. The molecule has 7 aromatic rings. The van der Waals surface area contributed by atoms with Crippen molar-refractivity contribution in [3.8, 4) is 0 Å². The number of benzene rings is 7. The maximum absolute atomic E-state index is 14.5. The fourth-order valence-corrected chi connectivity index (χ4v) is 8.75. The molecule has 0 radical (unpaired) electrons. The molecule has 2 aliphatic rings. The summed E-state index contributed by atoms with van der Waals surface area (Å²) >= 11 is 0. The van der Waals surface area contributed by atoms with Crippen LogP contribution in [0.4, 0.5) is 0 Å². The van der Waals surface area contributed by atoms with E-state index in [4.69, 9.17) is 47.4 Å². The smallest absolute Gasteiger partial charge is 0.338 e. The number of carbonyl (C=O) groups excluding carboxylic acids is 4. The van der Waals surface area contributed by atoms with Crippen molar-refractivity contribution in [1.29, 1.82) is 0 Å². The minimum atomic E-state index is -1.77. The molecule has 2 fully saturated rings. The van der Waals surface area contributed by atoms with Crippen molar-refractivity contribution in [1.82, 2.24) is 0 Å². The molecule has 390 valence electrons. The van der Waals surface area contributed by atoms with Crippen LogP contribution in [0.2, 0.25) is 0 Å². The molecule has 2 saturated heterocycles. The van der Waals surface area contributed by atoms with Gasteiger partial charge in [-0.3, -0.25) is 0 Å². The summed E-state index contributed by atoms with van der Waals surface area (Å²) in [6.45, 7) is -0.608. The van der Waals surface area contributed by atoms with E-state index < -0.39 is 91.9 Å². The molecule has 0 saturated carbocycles. The number of rotatable bonds is 21. The summed E-state index contributed by atoms with van der Waals surface area (Å²) in [6.07, 6.45) is -14.9. The van der Waals surface area contributed by atoms with Gasteiger partial charge in [0.1, 0.15) is 37.1 Å². The molecule has 0 amide bonds. The van der Waals surface area contributed by atoms with Crippen molar-refractivity contribution in [2.75, 3.05) is 13.2 Å². The second-order valence-electron chi connectivity index (χ2n) is 17.9. The number of aliphatic hydroxyl groups excluding tert-OH is 1. The third-order valence-electron chi connectivity index (χ3n) is 12.6. The molecule has 15 heteroatoms. The summed E-state index contributed by atoms with van der Waals surface area (Å²) in [7, 11) is 0. The number of esters is 4. The summed E-state index contributed by atoms with van der Waals surface area (Å²) < 4.78 is 64.8. The molecule has 0 unspecified atom stereocenters. The van der Waals surface area contributed by atoms with Gasteiger partial charge in [-0.1, -0.05) is 164 Å². The van der Waals surface area contributed by atoms with Gasteiger partial charge in [0.2, 0.25) is 0 Å². The van der Waals surface area contributed by atoms with E-state index in [2.05, 4.69) is 0 Å². The maximum atomic E-state index is 14.5. The van der Waals surface area contributed by atoms with Gasteiger partial charge in [-0.25, -0.2) is 19.2 Å². The highest BCUT2D eigenvalue weighted by Crippen LogP contribution is 2.36. The van der Waals surface area contributed by atoms with Crippen molar-refractivity contribution in [2.24, 2.45) is 0 Å². The molecule has 0 aromatic heterocycles. The van der Waals surface area contributed by atoms with Crippen LogP contribution >= 0.6 is 0 Å². The summed E-state index contributed by atoms with van der Waals surface area (Å²) in [6, 6.07) is 60.5. The molecule has 0 aliphatic carbocycles. The second kappa shape index (κ2) is 26.6. The number of hydrogen-bond acceptors (Lipinski definition) is 15. The Morgan fingerprint density at radius 2 is 0.737 bits per heavy atom. The largest absolute Gasteiger partial charge is 0.459 e. The Balaban J connectivity index is 1.15. The van der Waals surface area contributed by atoms with Crippen molar-refractivity contribution in [3.63, 3.8) is 0 Å². The first-order valence-corrected chi connectivity index (χ1v) is 24.8. The van der Waals surface area contributed by atoms with E-state index in [0.717, 1.165) is 16.7 Å². The quantitative estimate of drug-likeness (QED) is 0.0533. The molecule has 7 aromatic carbocycles. The molecular formula is C61H56O15. The van der Waals surface area contributed by atoms with E-state index in [1.807, 2.05) is 91.0 Å². The summed E-state index contributed by atoms with van der Waals surface area (Å²) in [5.74, 6) is -3.38. The molecule has 0 spiro atoms. The van der Waals surface area contributed by atoms with Crippen LogP contribution in [0.15, 0.2) is 212 Å². The van der Waals surface area contributed by atoms with Crippen molar-refractivity contribution in [2.45, 2.75) is 81.2 Å². The third kappa shape index (κ3) is 14.1. The fraction of sp³-hybridized carbons (Fsp3) is 0.246. The standard InChI is InChI=1S/C61H56O15/c62-56(44-28-14-4-15-29-44)70-40-49-51(73-57(63)45-30-16-5-17-31-45)53(74-58(64)46-32-18-6-19-33-46)55(75-59(65)47-34-20-7-21-35-47)61(72-49)76-50-48(39-67-36-41-22-8-1-9-23-41)71-60(66)54(69-38-43-26-12-3-13-27-43)52(50)68-37-42-24-10-2-11-25-42/h1-35,48-55,60-61,66H,36-40H2/t48-,49-,50-,51+,52+,53+,54+,55-,60+,61+/m1/s1. The molecule has 76 heavy (non-hydrogen) atoms. The Morgan fingerprint density at radius 3 is 1.20 bits per heavy atom. The van der Waals surface area contributed by atoms with Gasteiger partial charge in [-0.05, 0) is 65.2 Å². The molecule has 2 heterocycles. The average molecular weight is 1030 g/mol. The van der Waals surface area contributed by atoms with Gasteiger partial charge in [0.15, 0.2) is 30.9 Å². The first-order chi connectivity index (χ1) is 37.3. The number of carbonyl (C=O) groups is 4. The second-order valence-corrected chi connectivity index (χ2v) is 17.9. The average Bonchev–Trinajstić information content (AvgIpc) is 3.50. The van der Waals surface area contributed by atoms with E-state index in [1.54, 1.807) is 84.9 Å². The SMILES string of the molecule is O=C(OC[C@H]1O[C@@H](O[C@H]2[C@H](OCc3ccccc3)[C@H](OCc3ccccc3)[C@@H](O)O[C@@H]2COCc2ccccc2)[C@H](OC(=O)c2ccccc2)[C@@H](OC(=O)c2ccccc2)[C@H]1OC(=O)c1ccccc1)c1ccccc1. The van der Waals surface area contributed by atoms with E-state index in [-0.39, 0.29) is 48.7 Å². The highest BCUT2D eigenvalue weighted by molar-refractivity contribution is 5.91. The van der Waals surface area contributed by atoms with Crippen LogP contribution in [0.1, 0.15) is 58.1 Å². The predicted octanol–water partition coefficient (Wildman–Crippen LogP) is 8.74. The fourth-order valence-electron chi connectivity index (χ4n) is 8.75. The van der Waals surface area contributed by atoms with E-state index in [9.17, 15) is 24.3 Å². The summed E-state index contributed by atoms with van der Waals surface area (Å²) in [4.78, 5) is 56.8. The van der Waals surface area contributed by atoms with E-state index >= 15 is 0 Å². The third-order valence-corrected chi connectivity index (χ3v) is 12.6. The Morgan fingerprint density at radius 1 is 0.368 bits per heavy atom. The van der Waals surface area contributed by atoms with Crippen LogP contribution in [0.3, 0.4) is 0 Å². The predicted molar refractivity (Wildman–Crippen MR) is 274 cm³/mol. The van der Waals surface area contributed by atoms with Gasteiger partial charge in [0.25, 0.3) is 0 Å². The summed E-state index contributed by atoms with van der Waals surface area (Å²) in [5.41, 5.74) is 2.98. The van der Waals surface area contributed by atoms with Crippen LogP contribution in [0.25, 0.3) is 0 Å². The maximum Gasteiger partial charge on any atom is 0.338 e. The number of hydrogen-bond donors (Lipinski definition) is 1. The van der Waals surface area contributed by atoms with Crippen LogP contribution in [0, 0.1) is 0 Å². The van der Waals surface area contributed by atoms with Crippen molar-refractivity contribution in [3.05, 3.63) is 251 Å². The van der Waals surface area contributed by atoms with Crippen LogP contribution in [-0.4, -0.2) is 104 Å². The van der Waals surface area contributed by atoms with E-state index in [1.165, 1.54) is 36.4 Å². The normalized spacial score (nSPS) is 23.1. The lowest BCUT2D eigenvalue weighted by atomic mass is 9.95. The Labute approximate surface area is 439 Å². The van der Waals surface area contributed by atoms with Crippen molar-refractivity contribution < 1.29 is 71.7 Å².